The van der Waals surface area contributed by atoms with Gasteiger partial charge in [0.1, 0.15) is 5.83 Å². The number of rotatable bonds is 2. The van der Waals surface area contributed by atoms with Gasteiger partial charge in [0.05, 0.1) is 0 Å². The molecule has 4 aliphatic carbocycles. The molecule has 2 fully saturated rings. The molecule has 0 amide bonds. The maximum Gasteiger partial charge on any atom is 0.303 e. The van der Waals surface area contributed by atoms with Crippen molar-refractivity contribution in [2.45, 2.75) is 70.8 Å². The smallest absolute Gasteiger partial charge is 0.303 e. The SMILES string of the molecule is CC(=O)OC12CCC(C3CCC(C)CC3)(CC1)C(F)=C2F. The van der Waals surface area contributed by atoms with Crippen molar-refractivity contribution in [3.63, 3.8) is 0 Å². The van der Waals surface area contributed by atoms with Crippen LogP contribution in [0.5, 0.6) is 0 Å². The van der Waals surface area contributed by atoms with Gasteiger partial charge in [0.2, 0.25) is 0 Å². The van der Waals surface area contributed by atoms with Crippen LogP contribution in [0.2, 0.25) is 0 Å². The summed E-state index contributed by atoms with van der Waals surface area (Å²) >= 11 is 0. The molecule has 0 aliphatic heterocycles. The average molecular weight is 298 g/mol. The van der Waals surface area contributed by atoms with E-state index in [4.69, 9.17) is 4.74 Å². The van der Waals surface area contributed by atoms with E-state index in [1.807, 2.05) is 0 Å². The molecule has 4 aliphatic rings. The van der Waals surface area contributed by atoms with Crippen LogP contribution in [-0.4, -0.2) is 11.6 Å². The standard InChI is InChI=1S/C17H24F2O2/c1-11-3-5-13(6-4-11)16-7-9-17(10-8-16,21-12(2)20)15(19)14(16)18/h11,13H,3-10H2,1-2H3. The second kappa shape index (κ2) is 5.06. The Bertz CT molecular complexity index is 467. The van der Waals surface area contributed by atoms with Gasteiger partial charge < -0.3 is 4.74 Å². The first-order chi connectivity index (χ1) is 9.90. The van der Waals surface area contributed by atoms with Crippen LogP contribution >= 0.6 is 0 Å². The van der Waals surface area contributed by atoms with Gasteiger partial charge in [0.25, 0.3) is 0 Å². The van der Waals surface area contributed by atoms with Crippen molar-refractivity contribution in [2.24, 2.45) is 17.3 Å². The highest BCUT2D eigenvalue weighted by Gasteiger charge is 2.60. The van der Waals surface area contributed by atoms with Gasteiger partial charge in [-0.3, -0.25) is 4.79 Å². The molecule has 21 heavy (non-hydrogen) atoms. The summed E-state index contributed by atoms with van der Waals surface area (Å²) in [6.45, 7) is 3.49. The van der Waals surface area contributed by atoms with Crippen LogP contribution in [0, 0.1) is 17.3 Å². The molecule has 0 saturated heterocycles. The lowest BCUT2D eigenvalue weighted by molar-refractivity contribution is -0.166. The van der Waals surface area contributed by atoms with E-state index < -0.39 is 28.6 Å². The molecule has 4 rings (SSSR count). The summed E-state index contributed by atoms with van der Waals surface area (Å²) in [7, 11) is 0. The number of carbonyl (C=O) groups is 1. The lowest BCUT2D eigenvalue weighted by atomic mass is 9.54. The Morgan fingerprint density at radius 2 is 1.62 bits per heavy atom. The molecule has 0 radical (unpaired) electrons. The Kier molecular flexibility index (Phi) is 3.61. The molecule has 0 unspecified atom stereocenters. The van der Waals surface area contributed by atoms with E-state index in [2.05, 4.69) is 6.92 Å². The molecule has 0 aromatic rings. The van der Waals surface area contributed by atoms with Crippen molar-refractivity contribution in [1.29, 1.82) is 0 Å². The predicted octanol–water partition coefficient (Wildman–Crippen LogP) is 4.84. The number of ether oxygens (including phenoxy) is 1. The van der Waals surface area contributed by atoms with E-state index in [-0.39, 0.29) is 5.92 Å². The lowest BCUT2D eigenvalue weighted by Gasteiger charge is -2.54. The molecular formula is C17H24F2O2. The van der Waals surface area contributed by atoms with E-state index in [0.717, 1.165) is 25.7 Å². The number of hydrogen-bond acceptors (Lipinski definition) is 2. The average Bonchev–Trinajstić information content (AvgIpc) is 2.45. The number of fused-ring (bicyclic) bond motifs is 2. The second-order valence-corrected chi connectivity index (χ2v) is 7.33. The summed E-state index contributed by atoms with van der Waals surface area (Å²) < 4.78 is 34.6. The van der Waals surface area contributed by atoms with Crippen LogP contribution in [0.25, 0.3) is 0 Å². The van der Waals surface area contributed by atoms with Gasteiger partial charge in [-0.05, 0) is 50.4 Å². The maximum atomic E-state index is 14.8. The van der Waals surface area contributed by atoms with E-state index in [0.29, 0.717) is 31.6 Å². The summed E-state index contributed by atoms with van der Waals surface area (Å²) in [5.74, 6) is -0.995. The Morgan fingerprint density at radius 1 is 1.05 bits per heavy atom. The summed E-state index contributed by atoms with van der Waals surface area (Å²) in [6, 6.07) is 0. The van der Waals surface area contributed by atoms with Crippen molar-refractivity contribution >= 4 is 5.97 Å². The molecule has 0 spiro atoms. The van der Waals surface area contributed by atoms with Crippen LogP contribution < -0.4 is 0 Å². The van der Waals surface area contributed by atoms with Gasteiger partial charge in [-0.1, -0.05) is 19.8 Å². The van der Waals surface area contributed by atoms with Gasteiger partial charge in [0.15, 0.2) is 11.4 Å². The van der Waals surface area contributed by atoms with E-state index in [9.17, 15) is 13.6 Å². The molecule has 2 saturated carbocycles. The largest absolute Gasteiger partial charge is 0.452 e. The fourth-order valence-corrected chi connectivity index (χ4v) is 4.78. The fourth-order valence-electron chi connectivity index (χ4n) is 4.78. The van der Waals surface area contributed by atoms with Crippen molar-refractivity contribution in [3.05, 3.63) is 11.7 Å². The molecular weight excluding hydrogens is 274 g/mol. The Balaban J connectivity index is 1.90. The highest BCUT2D eigenvalue weighted by atomic mass is 19.2. The molecule has 0 aromatic heterocycles. The monoisotopic (exact) mass is 298 g/mol. The van der Waals surface area contributed by atoms with Crippen LogP contribution in [0.4, 0.5) is 8.78 Å². The van der Waals surface area contributed by atoms with Crippen molar-refractivity contribution in [1.82, 2.24) is 0 Å². The molecule has 0 N–H and O–H groups in total. The zero-order valence-electron chi connectivity index (χ0n) is 12.9. The number of halogens is 2. The minimum absolute atomic E-state index is 0.245. The van der Waals surface area contributed by atoms with Crippen LogP contribution in [-0.2, 0) is 9.53 Å². The minimum Gasteiger partial charge on any atom is -0.452 e. The normalized spacial score (nSPS) is 43.0. The van der Waals surface area contributed by atoms with Gasteiger partial charge in [-0.2, -0.15) is 0 Å². The number of allylic oxidation sites excluding steroid dienone is 1. The molecule has 118 valence electrons. The highest BCUT2D eigenvalue weighted by Crippen LogP contribution is 2.63. The van der Waals surface area contributed by atoms with Gasteiger partial charge in [0, 0.05) is 12.3 Å². The molecule has 4 heteroatoms. The molecule has 2 bridgehead atoms. The van der Waals surface area contributed by atoms with Gasteiger partial charge in [-0.25, -0.2) is 8.78 Å². The number of carbonyl (C=O) groups excluding carboxylic acids is 1. The Morgan fingerprint density at radius 3 is 2.14 bits per heavy atom. The molecule has 0 heterocycles. The first-order valence-corrected chi connectivity index (χ1v) is 8.15. The van der Waals surface area contributed by atoms with Crippen LogP contribution in [0.1, 0.15) is 65.2 Å². The third-order valence-electron chi connectivity index (χ3n) is 6.12. The third-order valence-corrected chi connectivity index (χ3v) is 6.12. The van der Waals surface area contributed by atoms with E-state index >= 15 is 0 Å². The summed E-state index contributed by atoms with van der Waals surface area (Å²) in [4.78, 5) is 11.2. The van der Waals surface area contributed by atoms with Gasteiger partial charge >= 0.3 is 5.97 Å². The summed E-state index contributed by atoms with van der Waals surface area (Å²) in [5, 5.41) is 0. The fraction of sp³-hybridized carbons (Fsp3) is 0.824. The van der Waals surface area contributed by atoms with Crippen molar-refractivity contribution < 1.29 is 18.3 Å². The second-order valence-electron chi connectivity index (χ2n) is 7.33. The van der Waals surface area contributed by atoms with Crippen LogP contribution in [0.3, 0.4) is 0 Å². The van der Waals surface area contributed by atoms with E-state index in [1.165, 1.54) is 6.92 Å². The first-order valence-electron chi connectivity index (χ1n) is 8.15. The minimum atomic E-state index is -1.31. The van der Waals surface area contributed by atoms with Crippen molar-refractivity contribution in [3.8, 4) is 0 Å². The predicted molar refractivity (Wildman–Crippen MR) is 75.8 cm³/mol. The number of hydrogen-bond donors (Lipinski definition) is 0. The van der Waals surface area contributed by atoms with Crippen LogP contribution in [0.15, 0.2) is 11.7 Å². The van der Waals surface area contributed by atoms with Crippen molar-refractivity contribution in [2.75, 3.05) is 0 Å². The zero-order chi connectivity index (χ0) is 15.3. The summed E-state index contributed by atoms with van der Waals surface area (Å²) in [6.07, 6.45) is 6.27. The molecule has 0 atom stereocenters. The number of esters is 1. The Hall–Kier alpha value is -0.930. The summed E-state index contributed by atoms with van der Waals surface area (Å²) in [5.41, 5.74) is -1.92. The zero-order valence-corrected chi connectivity index (χ0v) is 12.9. The van der Waals surface area contributed by atoms with Gasteiger partial charge in [-0.15, -0.1) is 0 Å². The maximum absolute atomic E-state index is 14.8. The quantitative estimate of drug-likeness (QED) is 0.682. The third kappa shape index (κ3) is 2.22. The lowest BCUT2D eigenvalue weighted by Crippen LogP contribution is -2.52. The van der Waals surface area contributed by atoms with E-state index in [1.54, 1.807) is 0 Å². The topological polar surface area (TPSA) is 26.3 Å². The Labute approximate surface area is 124 Å². The first kappa shape index (κ1) is 15.0. The molecule has 2 nitrogen and oxygen atoms in total. The molecule has 0 aromatic carbocycles. The highest BCUT2D eigenvalue weighted by molar-refractivity contribution is 5.67.